The lowest BCUT2D eigenvalue weighted by Crippen LogP contribution is -2.38. The summed E-state index contributed by atoms with van der Waals surface area (Å²) in [5.41, 5.74) is 1.61. The molecule has 0 fully saturated rings. The third kappa shape index (κ3) is 4.90. The Kier molecular flexibility index (Phi) is 6.46. The second-order valence-corrected chi connectivity index (χ2v) is 3.71. The van der Waals surface area contributed by atoms with Gasteiger partial charge in [0.25, 0.3) is 5.91 Å². The number of carbonyl (C=O) groups is 1. The molecule has 96 valence electrons. The molecule has 0 spiro atoms. The molecule has 2 radical (unpaired) electrons. The largest absolute Gasteiger partial charge is 0.348 e. The first-order valence-corrected chi connectivity index (χ1v) is 6.02. The molecule has 5 heteroatoms. The van der Waals surface area contributed by atoms with E-state index in [4.69, 9.17) is 17.3 Å². The topological polar surface area (TPSA) is 47.6 Å². The van der Waals surface area contributed by atoms with Crippen LogP contribution in [0, 0.1) is 0 Å². The summed E-state index contributed by atoms with van der Waals surface area (Å²) in [6, 6.07) is 7.36. The van der Waals surface area contributed by atoms with Crippen molar-refractivity contribution in [1.82, 2.24) is 5.32 Å². The van der Waals surface area contributed by atoms with Crippen LogP contribution < -0.4 is 10.8 Å². The lowest BCUT2D eigenvalue weighted by atomic mass is 9.94. The molecule has 1 aromatic carbocycles. The molecule has 0 unspecified atom stereocenters. The van der Waals surface area contributed by atoms with Crippen LogP contribution in [0.4, 0.5) is 0 Å². The van der Waals surface area contributed by atoms with Gasteiger partial charge in [-0.15, -0.1) is 0 Å². The number of ether oxygens (including phenoxy) is 2. The fourth-order valence-electron chi connectivity index (χ4n) is 1.48. The molecule has 0 bridgehead atoms. The first-order valence-electron chi connectivity index (χ1n) is 6.02. The Bertz CT molecular complexity index is 378. The molecule has 4 nitrogen and oxygen atoms in total. The highest BCUT2D eigenvalue weighted by Gasteiger charge is 2.17. The molecule has 0 heterocycles. The van der Waals surface area contributed by atoms with E-state index < -0.39 is 6.29 Å². The van der Waals surface area contributed by atoms with Crippen molar-refractivity contribution in [3.05, 3.63) is 29.8 Å². The lowest BCUT2D eigenvalue weighted by molar-refractivity contribution is -0.170. The molecule has 0 aliphatic carbocycles. The third-order valence-corrected chi connectivity index (χ3v) is 2.27. The van der Waals surface area contributed by atoms with Crippen molar-refractivity contribution < 1.29 is 14.3 Å². The highest BCUT2D eigenvalue weighted by atomic mass is 16.7. The maximum absolute atomic E-state index is 11.8. The summed E-state index contributed by atoms with van der Waals surface area (Å²) in [5, 5.41) is 2.75. The van der Waals surface area contributed by atoms with Gasteiger partial charge >= 0.3 is 0 Å². The van der Waals surface area contributed by atoms with E-state index in [1.807, 2.05) is 32.0 Å². The van der Waals surface area contributed by atoms with Crippen LogP contribution in [0.25, 0.3) is 0 Å². The van der Waals surface area contributed by atoms with Crippen molar-refractivity contribution in [2.75, 3.05) is 13.2 Å². The summed E-state index contributed by atoms with van der Waals surface area (Å²) in [6.45, 7) is 4.89. The van der Waals surface area contributed by atoms with Gasteiger partial charge in [-0.1, -0.05) is 29.7 Å². The molecular formula is C13H18BNO3. The molecule has 0 saturated carbocycles. The number of hydrogen-bond donors (Lipinski definition) is 1. The second-order valence-electron chi connectivity index (χ2n) is 3.71. The molecule has 0 saturated heterocycles. The number of benzene rings is 1. The van der Waals surface area contributed by atoms with E-state index in [9.17, 15) is 4.79 Å². The van der Waals surface area contributed by atoms with Crippen LogP contribution in [0.2, 0.25) is 0 Å². The Morgan fingerprint density at radius 3 is 2.56 bits per heavy atom. The van der Waals surface area contributed by atoms with E-state index in [0.29, 0.717) is 25.2 Å². The predicted molar refractivity (Wildman–Crippen MR) is 70.7 cm³/mol. The third-order valence-electron chi connectivity index (χ3n) is 2.27. The molecule has 1 amide bonds. The highest BCUT2D eigenvalue weighted by molar-refractivity contribution is 6.32. The van der Waals surface area contributed by atoms with Crippen LogP contribution in [-0.4, -0.2) is 33.3 Å². The number of amides is 1. The minimum atomic E-state index is -0.846. The molecule has 1 aromatic rings. The fraction of sp³-hybridized carbons (Fsp3) is 0.462. The lowest BCUT2D eigenvalue weighted by Gasteiger charge is -2.16. The summed E-state index contributed by atoms with van der Waals surface area (Å²) in [6.07, 6.45) is -0.846. The van der Waals surface area contributed by atoms with Crippen molar-refractivity contribution >= 4 is 19.2 Å². The molecule has 0 aromatic heterocycles. The van der Waals surface area contributed by atoms with Crippen molar-refractivity contribution in [3.63, 3.8) is 0 Å². The zero-order chi connectivity index (χ0) is 13.4. The van der Waals surface area contributed by atoms with Crippen LogP contribution in [0.1, 0.15) is 19.4 Å². The fourth-order valence-corrected chi connectivity index (χ4v) is 1.48. The van der Waals surface area contributed by atoms with Gasteiger partial charge in [-0.05, 0) is 19.4 Å². The minimum Gasteiger partial charge on any atom is -0.348 e. The standard InChI is InChI=1S/C13H18BNO3/c1-3-17-13(18-4-2)12(16)15-9-10-6-5-7-11(14)8-10/h5-8,13H,3-4,9H2,1-2H3,(H,15,16). The van der Waals surface area contributed by atoms with Gasteiger partial charge in [0.2, 0.25) is 6.29 Å². The first kappa shape index (κ1) is 14.7. The summed E-state index contributed by atoms with van der Waals surface area (Å²) >= 11 is 0. The summed E-state index contributed by atoms with van der Waals surface area (Å²) < 4.78 is 10.4. The van der Waals surface area contributed by atoms with Crippen molar-refractivity contribution in [2.24, 2.45) is 0 Å². The van der Waals surface area contributed by atoms with Crippen LogP contribution in [0.3, 0.4) is 0 Å². The normalized spacial score (nSPS) is 10.6. The van der Waals surface area contributed by atoms with Gasteiger partial charge in [-0.25, -0.2) is 0 Å². The Morgan fingerprint density at radius 2 is 2.00 bits per heavy atom. The Balaban J connectivity index is 2.48. The smallest absolute Gasteiger partial charge is 0.277 e. The van der Waals surface area contributed by atoms with Gasteiger partial charge in [0.15, 0.2) is 0 Å². The van der Waals surface area contributed by atoms with E-state index in [1.54, 1.807) is 6.07 Å². The molecule has 1 rings (SSSR count). The zero-order valence-electron chi connectivity index (χ0n) is 10.8. The van der Waals surface area contributed by atoms with Gasteiger partial charge in [0.05, 0.1) is 0 Å². The second kappa shape index (κ2) is 7.90. The molecule has 0 aliphatic rings. The summed E-state index contributed by atoms with van der Waals surface area (Å²) in [4.78, 5) is 11.8. The maximum Gasteiger partial charge on any atom is 0.277 e. The molecule has 0 atom stereocenters. The van der Waals surface area contributed by atoms with Crippen LogP contribution >= 0.6 is 0 Å². The monoisotopic (exact) mass is 247 g/mol. The molecular weight excluding hydrogens is 229 g/mol. The summed E-state index contributed by atoms with van der Waals surface area (Å²) in [5.74, 6) is -0.277. The first-order chi connectivity index (χ1) is 8.67. The maximum atomic E-state index is 11.8. The van der Waals surface area contributed by atoms with Gasteiger partial charge in [-0.3, -0.25) is 4.79 Å². The average Bonchev–Trinajstić information content (AvgIpc) is 2.36. The Hall–Kier alpha value is -1.33. The van der Waals surface area contributed by atoms with E-state index in [2.05, 4.69) is 5.32 Å². The van der Waals surface area contributed by atoms with Gasteiger partial charge in [-0.2, -0.15) is 0 Å². The molecule has 0 aliphatic heterocycles. The molecule has 18 heavy (non-hydrogen) atoms. The van der Waals surface area contributed by atoms with Crippen LogP contribution in [-0.2, 0) is 20.8 Å². The number of rotatable bonds is 7. The minimum absolute atomic E-state index is 0.277. The van der Waals surface area contributed by atoms with E-state index >= 15 is 0 Å². The van der Waals surface area contributed by atoms with Crippen molar-refractivity contribution in [1.29, 1.82) is 0 Å². The average molecular weight is 247 g/mol. The quantitative estimate of drug-likeness (QED) is 0.563. The van der Waals surface area contributed by atoms with E-state index in [-0.39, 0.29) is 5.91 Å². The zero-order valence-corrected chi connectivity index (χ0v) is 10.8. The Morgan fingerprint density at radius 1 is 1.33 bits per heavy atom. The number of nitrogens with one attached hydrogen (secondary N) is 1. The van der Waals surface area contributed by atoms with Crippen LogP contribution in [0.15, 0.2) is 24.3 Å². The van der Waals surface area contributed by atoms with E-state index in [1.165, 1.54) is 0 Å². The summed E-state index contributed by atoms with van der Waals surface area (Å²) in [7, 11) is 5.66. The van der Waals surface area contributed by atoms with Crippen LogP contribution in [0.5, 0.6) is 0 Å². The predicted octanol–water partition coefficient (Wildman–Crippen LogP) is 0.496. The Labute approximate surface area is 109 Å². The van der Waals surface area contributed by atoms with Gasteiger partial charge < -0.3 is 14.8 Å². The highest BCUT2D eigenvalue weighted by Crippen LogP contribution is 1.99. The van der Waals surface area contributed by atoms with Crippen molar-refractivity contribution in [3.8, 4) is 0 Å². The van der Waals surface area contributed by atoms with Gasteiger partial charge in [0, 0.05) is 19.8 Å². The van der Waals surface area contributed by atoms with E-state index in [0.717, 1.165) is 5.56 Å². The molecule has 1 N–H and O–H groups in total. The van der Waals surface area contributed by atoms with Gasteiger partial charge in [0.1, 0.15) is 7.85 Å². The SMILES string of the molecule is [B]c1cccc(CNC(=O)C(OCC)OCC)c1. The van der Waals surface area contributed by atoms with Crippen molar-refractivity contribution in [2.45, 2.75) is 26.7 Å². The number of hydrogen-bond acceptors (Lipinski definition) is 3. The number of carbonyl (C=O) groups excluding carboxylic acids is 1.